The third-order valence-corrected chi connectivity index (χ3v) is 2.92. The fourth-order valence-corrected chi connectivity index (χ4v) is 1.88. The van der Waals surface area contributed by atoms with Crippen LogP contribution in [-0.4, -0.2) is 41.0 Å². The lowest BCUT2D eigenvalue weighted by Gasteiger charge is -2.32. The molecule has 0 aliphatic carbocycles. The summed E-state index contributed by atoms with van der Waals surface area (Å²) in [6.45, 7) is 3.28. The topological polar surface area (TPSA) is 40.5 Å². The molecule has 3 nitrogen and oxygen atoms in total. The zero-order valence-electron chi connectivity index (χ0n) is 7.87. The van der Waals surface area contributed by atoms with Crippen LogP contribution in [0.15, 0.2) is 0 Å². The zero-order chi connectivity index (χ0) is 9.84. The van der Waals surface area contributed by atoms with Crippen molar-refractivity contribution in [2.45, 2.75) is 25.9 Å². The van der Waals surface area contributed by atoms with Gasteiger partial charge >= 0.3 is 0 Å². The normalized spacial score (nSPS) is 21.6. The lowest BCUT2D eigenvalue weighted by molar-refractivity contribution is -0.130. The predicted molar refractivity (Wildman–Crippen MR) is 51.7 cm³/mol. The van der Waals surface area contributed by atoms with Crippen LogP contribution in [0.5, 0.6) is 0 Å². The number of aliphatic hydroxyl groups is 1. The number of carbonyl (C=O) groups excluding carboxylic acids is 1. The molecule has 0 aromatic heterocycles. The number of amides is 1. The summed E-state index contributed by atoms with van der Waals surface area (Å²) in [7, 11) is 0. The second-order valence-corrected chi connectivity index (χ2v) is 3.86. The van der Waals surface area contributed by atoms with Gasteiger partial charge in [0.15, 0.2) is 0 Å². The monoisotopic (exact) mass is 205 g/mol. The van der Waals surface area contributed by atoms with Crippen LogP contribution in [0.4, 0.5) is 0 Å². The van der Waals surface area contributed by atoms with E-state index in [1.54, 1.807) is 4.90 Å². The first kappa shape index (κ1) is 10.8. The first-order valence-corrected chi connectivity index (χ1v) is 5.20. The molecule has 1 aliphatic rings. The van der Waals surface area contributed by atoms with Gasteiger partial charge < -0.3 is 10.0 Å². The summed E-state index contributed by atoms with van der Waals surface area (Å²) >= 11 is 5.44. The number of hydrogen-bond donors (Lipinski definition) is 1. The molecule has 76 valence electrons. The number of piperidine rings is 1. The summed E-state index contributed by atoms with van der Waals surface area (Å²) in [5.74, 6) is 0.421. The summed E-state index contributed by atoms with van der Waals surface area (Å²) in [6, 6.07) is 0. The second-order valence-electron chi connectivity index (χ2n) is 3.59. The molecular formula is C9H16ClNO2. The van der Waals surface area contributed by atoms with Crippen molar-refractivity contribution in [2.24, 2.45) is 5.92 Å². The van der Waals surface area contributed by atoms with Gasteiger partial charge in [-0.1, -0.05) is 0 Å². The molecule has 1 saturated heterocycles. The molecule has 13 heavy (non-hydrogen) atoms. The van der Waals surface area contributed by atoms with Crippen LogP contribution in [0.3, 0.4) is 0 Å². The van der Waals surface area contributed by atoms with Gasteiger partial charge in [-0.05, 0) is 25.7 Å². The third kappa shape index (κ3) is 2.85. The minimum absolute atomic E-state index is 0.00529. The van der Waals surface area contributed by atoms with Crippen molar-refractivity contribution in [1.29, 1.82) is 0 Å². The van der Waals surface area contributed by atoms with E-state index in [-0.39, 0.29) is 17.9 Å². The molecule has 1 amide bonds. The highest BCUT2D eigenvalue weighted by Crippen LogP contribution is 2.20. The summed E-state index contributed by atoms with van der Waals surface area (Å²) in [5, 5.41) is 9.33. The average molecular weight is 206 g/mol. The second kappa shape index (κ2) is 4.82. The Labute approximate surface area is 83.7 Å². The third-order valence-electron chi connectivity index (χ3n) is 2.69. The van der Waals surface area contributed by atoms with Crippen LogP contribution in [0.25, 0.3) is 0 Å². The van der Waals surface area contributed by atoms with E-state index in [1.807, 2.05) is 6.92 Å². The highest BCUT2D eigenvalue weighted by molar-refractivity contribution is 6.27. The lowest BCUT2D eigenvalue weighted by Crippen LogP contribution is -2.41. The molecule has 0 spiro atoms. The van der Waals surface area contributed by atoms with Gasteiger partial charge in [-0.15, -0.1) is 11.6 Å². The van der Waals surface area contributed by atoms with Crippen LogP contribution in [0.1, 0.15) is 19.8 Å². The number of likely N-dealkylation sites (tertiary alicyclic amines) is 1. The van der Waals surface area contributed by atoms with E-state index in [1.165, 1.54) is 0 Å². The summed E-state index contributed by atoms with van der Waals surface area (Å²) in [5.41, 5.74) is 0. The Hall–Kier alpha value is -0.280. The molecule has 0 unspecified atom stereocenters. The van der Waals surface area contributed by atoms with Crippen LogP contribution >= 0.6 is 11.6 Å². The summed E-state index contributed by atoms with van der Waals surface area (Å²) in [4.78, 5) is 12.9. The van der Waals surface area contributed by atoms with E-state index in [4.69, 9.17) is 11.6 Å². The van der Waals surface area contributed by atoms with Gasteiger partial charge in [0, 0.05) is 13.1 Å². The molecule has 1 heterocycles. The first-order chi connectivity index (χ1) is 6.15. The molecule has 1 rings (SSSR count). The molecule has 1 N–H and O–H groups in total. The van der Waals surface area contributed by atoms with Crippen molar-refractivity contribution >= 4 is 17.5 Å². The van der Waals surface area contributed by atoms with E-state index in [2.05, 4.69) is 0 Å². The van der Waals surface area contributed by atoms with Crippen molar-refractivity contribution in [3.8, 4) is 0 Å². The number of hydrogen-bond acceptors (Lipinski definition) is 2. The van der Waals surface area contributed by atoms with E-state index in [0.29, 0.717) is 5.92 Å². The quantitative estimate of drug-likeness (QED) is 0.679. The maximum Gasteiger partial charge on any atom is 0.237 e. The Morgan fingerprint density at radius 3 is 2.54 bits per heavy atom. The first-order valence-electron chi connectivity index (χ1n) is 4.67. The number of nitrogens with zero attached hydrogens (tertiary/aromatic N) is 1. The van der Waals surface area contributed by atoms with E-state index in [0.717, 1.165) is 25.9 Å². The van der Waals surface area contributed by atoms with Crippen LogP contribution < -0.4 is 0 Å². The van der Waals surface area contributed by atoms with Crippen molar-refractivity contribution in [3.05, 3.63) is 0 Å². The molecule has 0 saturated carbocycles. The van der Waals surface area contributed by atoms with Gasteiger partial charge in [0.2, 0.25) is 5.91 Å². The molecule has 1 aliphatic heterocycles. The van der Waals surface area contributed by atoms with E-state index in [9.17, 15) is 9.90 Å². The number of halogens is 1. The molecule has 0 aromatic rings. The molecule has 0 bridgehead atoms. The maximum atomic E-state index is 11.2. The van der Waals surface area contributed by atoms with Crippen LogP contribution in [-0.2, 0) is 4.79 Å². The van der Waals surface area contributed by atoms with Crippen molar-refractivity contribution in [1.82, 2.24) is 4.90 Å². The Morgan fingerprint density at radius 1 is 1.62 bits per heavy atom. The Morgan fingerprint density at radius 2 is 2.15 bits per heavy atom. The molecule has 0 radical (unpaired) electrons. The number of carbonyl (C=O) groups is 1. The van der Waals surface area contributed by atoms with E-state index >= 15 is 0 Å². The highest BCUT2D eigenvalue weighted by atomic mass is 35.5. The van der Waals surface area contributed by atoms with Gasteiger partial charge in [0.25, 0.3) is 0 Å². The van der Waals surface area contributed by atoms with Crippen molar-refractivity contribution in [2.75, 3.05) is 19.0 Å². The van der Waals surface area contributed by atoms with Gasteiger partial charge in [-0.25, -0.2) is 0 Å². The highest BCUT2D eigenvalue weighted by Gasteiger charge is 2.24. The van der Waals surface area contributed by atoms with Gasteiger partial charge in [0.1, 0.15) is 5.88 Å². The van der Waals surface area contributed by atoms with Gasteiger partial charge in [0.05, 0.1) is 6.10 Å². The minimum Gasteiger partial charge on any atom is -0.393 e. The molecule has 0 aromatic carbocycles. The molecular weight excluding hydrogens is 190 g/mol. The van der Waals surface area contributed by atoms with E-state index < -0.39 is 0 Å². The summed E-state index contributed by atoms with van der Waals surface area (Å²) in [6.07, 6.45) is 1.52. The van der Waals surface area contributed by atoms with Crippen LogP contribution in [0.2, 0.25) is 0 Å². The minimum atomic E-state index is -0.256. The Bertz CT molecular complexity index is 176. The number of alkyl halides is 1. The fourth-order valence-electron chi connectivity index (χ4n) is 1.72. The molecule has 1 fully saturated rings. The van der Waals surface area contributed by atoms with Gasteiger partial charge in [-0.3, -0.25) is 4.79 Å². The Kier molecular flexibility index (Phi) is 4.00. The zero-order valence-corrected chi connectivity index (χ0v) is 8.63. The SMILES string of the molecule is C[C@H](O)C1CCN(C(=O)CCl)CC1. The standard InChI is InChI=1S/C9H16ClNO2/c1-7(12)8-2-4-11(5-3-8)9(13)6-10/h7-8,12H,2-6H2,1H3/t7-/m0/s1. The van der Waals surface area contributed by atoms with Gasteiger partial charge in [-0.2, -0.15) is 0 Å². The lowest BCUT2D eigenvalue weighted by atomic mass is 9.92. The average Bonchev–Trinajstić information content (AvgIpc) is 2.17. The maximum absolute atomic E-state index is 11.2. The van der Waals surface area contributed by atoms with Crippen molar-refractivity contribution < 1.29 is 9.90 Å². The molecule has 1 atom stereocenters. The number of rotatable bonds is 2. The number of aliphatic hydroxyl groups excluding tert-OH is 1. The predicted octanol–water partition coefficient (Wildman–Crippen LogP) is 0.845. The van der Waals surface area contributed by atoms with Crippen LogP contribution in [0, 0.1) is 5.92 Å². The smallest absolute Gasteiger partial charge is 0.237 e. The summed E-state index contributed by atoms with van der Waals surface area (Å²) < 4.78 is 0. The molecule has 4 heteroatoms. The fraction of sp³-hybridized carbons (Fsp3) is 0.889. The Balaban J connectivity index is 2.34. The van der Waals surface area contributed by atoms with Crippen molar-refractivity contribution in [3.63, 3.8) is 0 Å². The largest absolute Gasteiger partial charge is 0.393 e.